The number of hydrogen-bond donors (Lipinski definition) is 0. The summed E-state index contributed by atoms with van der Waals surface area (Å²) in [5.41, 5.74) is 0.747. The molecule has 1 aromatic rings. The van der Waals surface area contributed by atoms with Gasteiger partial charge in [-0.25, -0.2) is 0 Å². The number of carbonyl (C=O) groups is 1. The van der Waals surface area contributed by atoms with Crippen molar-refractivity contribution in [2.75, 3.05) is 20.2 Å². The Balaban J connectivity index is 1.69. The van der Waals surface area contributed by atoms with Crippen molar-refractivity contribution in [3.05, 3.63) is 29.8 Å². The Labute approximate surface area is 119 Å². The fraction of sp³-hybridized carbons (Fsp3) is 0.562. The Morgan fingerprint density at radius 2 is 1.85 bits per heavy atom. The fourth-order valence-corrected chi connectivity index (χ4v) is 3.12. The number of carbonyl (C=O) groups excluding carboxylic acids is 1. The van der Waals surface area contributed by atoms with Crippen LogP contribution in [0.5, 0.6) is 5.75 Å². The van der Waals surface area contributed by atoms with Gasteiger partial charge in [0.2, 0.25) is 0 Å². The molecule has 4 heteroatoms. The SMILES string of the molecule is COc1ccc(C(=O)C(C)N2CC3CCC(C2)O3)cc1. The monoisotopic (exact) mass is 275 g/mol. The van der Waals surface area contributed by atoms with E-state index in [4.69, 9.17) is 9.47 Å². The van der Waals surface area contributed by atoms with E-state index in [1.54, 1.807) is 7.11 Å². The maximum Gasteiger partial charge on any atom is 0.179 e. The van der Waals surface area contributed by atoms with Gasteiger partial charge in [0, 0.05) is 18.7 Å². The average molecular weight is 275 g/mol. The molecule has 108 valence electrons. The van der Waals surface area contributed by atoms with E-state index >= 15 is 0 Å². The summed E-state index contributed by atoms with van der Waals surface area (Å²) in [6, 6.07) is 7.26. The maximum absolute atomic E-state index is 12.6. The zero-order chi connectivity index (χ0) is 14.1. The minimum atomic E-state index is -0.0876. The van der Waals surface area contributed by atoms with Crippen molar-refractivity contribution in [2.45, 2.75) is 38.0 Å². The third-order valence-corrected chi connectivity index (χ3v) is 4.37. The van der Waals surface area contributed by atoms with Crippen molar-refractivity contribution in [3.8, 4) is 5.75 Å². The minimum absolute atomic E-state index is 0.0876. The largest absolute Gasteiger partial charge is 0.497 e. The third kappa shape index (κ3) is 2.58. The molecule has 2 bridgehead atoms. The number of ether oxygens (including phenoxy) is 2. The summed E-state index contributed by atoms with van der Waals surface area (Å²) < 4.78 is 10.9. The molecule has 3 atom stereocenters. The van der Waals surface area contributed by atoms with E-state index in [9.17, 15) is 4.79 Å². The fourth-order valence-electron chi connectivity index (χ4n) is 3.12. The van der Waals surface area contributed by atoms with Gasteiger partial charge >= 0.3 is 0 Å². The first-order chi connectivity index (χ1) is 9.67. The number of hydrogen-bond acceptors (Lipinski definition) is 4. The molecule has 2 heterocycles. The highest BCUT2D eigenvalue weighted by atomic mass is 16.5. The van der Waals surface area contributed by atoms with Gasteiger partial charge < -0.3 is 9.47 Å². The molecule has 4 nitrogen and oxygen atoms in total. The second-order valence-corrected chi connectivity index (χ2v) is 5.68. The topological polar surface area (TPSA) is 38.8 Å². The lowest BCUT2D eigenvalue weighted by Gasteiger charge is -2.35. The highest BCUT2D eigenvalue weighted by Crippen LogP contribution is 2.28. The van der Waals surface area contributed by atoms with Crippen LogP contribution in [0.2, 0.25) is 0 Å². The van der Waals surface area contributed by atoms with Crippen LogP contribution in [-0.4, -0.2) is 49.1 Å². The summed E-state index contributed by atoms with van der Waals surface area (Å²) in [6.07, 6.45) is 2.90. The summed E-state index contributed by atoms with van der Waals surface area (Å²) in [7, 11) is 1.63. The van der Waals surface area contributed by atoms with Crippen molar-refractivity contribution in [1.82, 2.24) is 4.90 Å². The van der Waals surface area contributed by atoms with Gasteiger partial charge in [0.15, 0.2) is 5.78 Å². The van der Waals surface area contributed by atoms with Gasteiger partial charge in [-0.1, -0.05) is 0 Å². The van der Waals surface area contributed by atoms with Crippen molar-refractivity contribution in [3.63, 3.8) is 0 Å². The molecule has 1 aromatic carbocycles. The number of methoxy groups -OCH3 is 1. The highest BCUT2D eigenvalue weighted by Gasteiger charge is 2.37. The lowest BCUT2D eigenvalue weighted by Crippen LogP contribution is -2.49. The number of ketones is 1. The second kappa shape index (κ2) is 5.54. The van der Waals surface area contributed by atoms with Crippen LogP contribution in [-0.2, 0) is 4.74 Å². The molecule has 0 aromatic heterocycles. The Hall–Kier alpha value is -1.39. The molecule has 0 amide bonds. The molecule has 2 aliphatic heterocycles. The lowest BCUT2D eigenvalue weighted by molar-refractivity contribution is -0.0464. The van der Waals surface area contributed by atoms with Crippen LogP contribution in [0.3, 0.4) is 0 Å². The number of rotatable bonds is 4. The molecule has 20 heavy (non-hydrogen) atoms. The van der Waals surface area contributed by atoms with Crippen LogP contribution in [0, 0.1) is 0 Å². The number of likely N-dealkylation sites (tertiary alicyclic amines) is 1. The summed E-state index contributed by atoms with van der Waals surface area (Å²) >= 11 is 0. The molecule has 3 rings (SSSR count). The van der Waals surface area contributed by atoms with Crippen LogP contribution in [0.1, 0.15) is 30.1 Å². The molecular weight excluding hydrogens is 254 g/mol. The third-order valence-electron chi connectivity index (χ3n) is 4.37. The van der Waals surface area contributed by atoms with Crippen LogP contribution in [0.15, 0.2) is 24.3 Å². The summed E-state index contributed by atoms with van der Waals surface area (Å²) in [4.78, 5) is 14.8. The van der Waals surface area contributed by atoms with Crippen LogP contribution in [0.25, 0.3) is 0 Å². The predicted molar refractivity (Wildman–Crippen MR) is 76.3 cm³/mol. The van der Waals surface area contributed by atoms with E-state index in [-0.39, 0.29) is 11.8 Å². The zero-order valence-corrected chi connectivity index (χ0v) is 12.0. The standard InChI is InChI=1S/C16H21NO3/c1-11(17-9-14-7-8-15(10-17)20-14)16(18)12-3-5-13(19-2)6-4-12/h3-6,11,14-15H,7-10H2,1-2H3. The predicted octanol–water partition coefficient (Wildman–Crippen LogP) is 2.13. The smallest absolute Gasteiger partial charge is 0.179 e. The summed E-state index contributed by atoms with van der Waals surface area (Å²) in [5.74, 6) is 0.951. The number of morpholine rings is 1. The van der Waals surface area contributed by atoms with Gasteiger partial charge in [-0.15, -0.1) is 0 Å². The van der Waals surface area contributed by atoms with E-state index in [2.05, 4.69) is 4.90 Å². The van der Waals surface area contributed by atoms with Gasteiger partial charge in [0.25, 0.3) is 0 Å². The minimum Gasteiger partial charge on any atom is -0.497 e. The first-order valence-corrected chi connectivity index (χ1v) is 7.25. The lowest BCUT2D eigenvalue weighted by atomic mass is 10.0. The van der Waals surface area contributed by atoms with Crippen molar-refractivity contribution in [1.29, 1.82) is 0 Å². The number of fused-ring (bicyclic) bond motifs is 2. The molecule has 0 N–H and O–H groups in total. The number of Topliss-reactive ketones (excluding diaryl/α,β-unsaturated/α-hetero) is 1. The quantitative estimate of drug-likeness (QED) is 0.789. The van der Waals surface area contributed by atoms with E-state index in [1.165, 1.54) is 0 Å². The van der Waals surface area contributed by atoms with E-state index in [0.717, 1.165) is 37.2 Å². The molecule has 3 unspecified atom stereocenters. The highest BCUT2D eigenvalue weighted by molar-refractivity contribution is 5.99. The molecule has 2 aliphatic rings. The number of benzene rings is 1. The Kier molecular flexibility index (Phi) is 3.76. The molecule has 0 radical (unpaired) electrons. The van der Waals surface area contributed by atoms with Gasteiger partial charge in [-0.2, -0.15) is 0 Å². The van der Waals surface area contributed by atoms with Crippen LogP contribution < -0.4 is 4.74 Å². The molecule has 0 saturated carbocycles. The zero-order valence-electron chi connectivity index (χ0n) is 12.0. The van der Waals surface area contributed by atoms with E-state index in [1.807, 2.05) is 31.2 Å². The number of nitrogens with zero attached hydrogens (tertiary/aromatic N) is 1. The molecule has 2 saturated heterocycles. The molecule has 0 aliphatic carbocycles. The first kappa shape index (κ1) is 13.6. The summed E-state index contributed by atoms with van der Waals surface area (Å²) in [6.45, 7) is 3.75. The Bertz CT molecular complexity index is 473. The van der Waals surface area contributed by atoms with Crippen LogP contribution >= 0.6 is 0 Å². The second-order valence-electron chi connectivity index (χ2n) is 5.68. The van der Waals surface area contributed by atoms with Gasteiger partial charge in [-0.05, 0) is 44.0 Å². The van der Waals surface area contributed by atoms with Crippen molar-refractivity contribution >= 4 is 5.78 Å². The molecular formula is C16H21NO3. The maximum atomic E-state index is 12.6. The summed E-state index contributed by atoms with van der Waals surface area (Å²) in [5, 5.41) is 0. The van der Waals surface area contributed by atoms with E-state index in [0.29, 0.717) is 12.2 Å². The van der Waals surface area contributed by atoms with Gasteiger partial charge in [0.05, 0.1) is 25.4 Å². The Morgan fingerprint density at radius 1 is 1.25 bits per heavy atom. The normalized spacial score (nSPS) is 27.3. The van der Waals surface area contributed by atoms with Gasteiger partial charge in [0.1, 0.15) is 5.75 Å². The van der Waals surface area contributed by atoms with Crippen molar-refractivity contribution < 1.29 is 14.3 Å². The first-order valence-electron chi connectivity index (χ1n) is 7.25. The molecule has 2 fully saturated rings. The molecule has 0 spiro atoms. The van der Waals surface area contributed by atoms with Crippen molar-refractivity contribution in [2.24, 2.45) is 0 Å². The average Bonchev–Trinajstić information content (AvgIpc) is 2.84. The van der Waals surface area contributed by atoms with Crippen LogP contribution in [0.4, 0.5) is 0 Å². The van der Waals surface area contributed by atoms with Gasteiger partial charge in [-0.3, -0.25) is 9.69 Å². The Morgan fingerprint density at radius 3 is 2.40 bits per heavy atom. The van der Waals surface area contributed by atoms with E-state index < -0.39 is 0 Å².